The topological polar surface area (TPSA) is 55.8 Å². The van der Waals surface area contributed by atoms with Gasteiger partial charge in [-0.25, -0.2) is 4.39 Å². The van der Waals surface area contributed by atoms with Gasteiger partial charge in [0, 0.05) is 6.54 Å². The van der Waals surface area contributed by atoms with Crippen LogP contribution in [0.15, 0.2) is 45.8 Å². The summed E-state index contributed by atoms with van der Waals surface area (Å²) in [5, 5.41) is -0.278. The van der Waals surface area contributed by atoms with Gasteiger partial charge in [-0.15, -0.1) is 0 Å². The lowest BCUT2D eigenvalue weighted by Crippen LogP contribution is -2.27. The minimum Gasteiger partial charge on any atom is -0.493 e. The number of hydrogen-bond donors (Lipinski definition) is 0. The zero-order valence-electron chi connectivity index (χ0n) is 15.2. The van der Waals surface area contributed by atoms with Crippen LogP contribution in [0, 0.1) is 5.82 Å². The van der Waals surface area contributed by atoms with Crippen molar-refractivity contribution in [3.05, 3.63) is 62.7 Å². The standard InChI is InChI=1S/C20H17BrFNO4S/c1-3-23-19(24)17(28-20(23)25)10-13-8-15(21)18(16(9-13)26-2)27-11-12-5-4-6-14(22)7-12/h4-10H,3,11H2,1-2H3/b17-10-. The Hall–Kier alpha value is -2.32. The van der Waals surface area contributed by atoms with E-state index in [1.807, 2.05) is 0 Å². The second-order valence-corrected chi connectivity index (χ2v) is 7.73. The predicted octanol–water partition coefficient (Wildman–Crippen LogP) is 5.23. The normalized spacial score (nSPS) is 15.4. The van der Waals surface area contributed by atoms with E-state index in [4.69, 9.17) is 9.47 Å². The maximum atomic E-state index is 13.3. The number of carbonyl (C=O) groups is 2. The molecule has 1 saturated heterocycles. The second kappa shape index (κ2) is 8.79. The van der Waals surface area contributed by atoms with E-state index < -0.39 is 0 Å². The summed E-state index contributed by atoms with van der Waals surface area (Å²) in [7, 11) is 1.51. The molecule has 2 aromatic rings. The van der Waals surface area contributed by atoms with Crippen molar-refractivity contribution in [1.82, 2.24) is 4.90 Å². The lowest BCUT2D eigenvalue weighted by Gasteiger charge is -2.14. The third-order valence-corrected chi connectivity index (χ3v) is 5.51. The number of amides is 2. The molecule has 1 aliphatic rings. The highest BCUT2D eigenvalue weighted by Gasteiger charge is 2.33. The highest BCUT2D eigenvalue weighted by molar-refractivity contribution is 9.10. The first-order valence-corrected chi connectivity index (χ1v) is 10.0. The number of thioether (sulfide) groups is 1. The van der Waals surface area contributed by atoms with E-state index in [9.17, 15) is 14.0 Å². The summed E-state index contributed by atoms with van der Waals surface area (Å²) >= 11 is 4.36. The largest absolute Gasteiger partial charge is 0.493 e. The Kier molecular flexibility index (Phi) is 6.41. The van der Waals surface area contributed by atoms with Crippen LogP contribution in [0.4, 0.5) is 9.18 Å². The molecule has 0 radical (unpaired) electrons. The van der Waals surface area contributed by atoms with E-state index in [-0.39, 0.29) is 23.6 Å². The Bertz CT molecular complexity index is 963. The van der Waals surface area contributed by atoms with Crippen LogP contribution in [-0.2, 0) is 11.4 Å². The van der Waals surface area contributed by atoms with Gasteiger partial charge in [0.15, 0.2) is 11.5 Å². The summed E-state index contributed by atoms with van der Waals surface area (Å²) in [5.74, 6) is 0.278. The number of likely N-dealkylation sites (N-methyl/N-ethyl adjacent to an activating group) is 1. The monoisotopic (exact) mass is 465 g/mol. The molecule has 0 unspecified atom stereocenters. The maximum absolute atomic E-state index is 13.3. The van der Waals surface area contributed by atoms with Crippen LogP contribution in [0.3, 0.4) is 0 Å². The number of imide groups is 1. The molecule has 8 heteroatoms. The summed E-state index contributed by atoms with van der Waals surface area (Å²) in [6, 6.07) is 9.64. The molecule has 0 aromatic heterocycles. The third-order valence-electron chi connectivity index (χ3n) is 4.01. The fraction of sp³-hybridized carbons (Fsp3) is 0.200. The third kappa shape index (κ3) is 4.39. The first-order valence-electron chi connectivity index (χ1n) is 8.43. The average molecular weight is 466 g/mol. The Morgan fingerprint density at radius 2 is 2.04 bits per heavy atom. The Morgan fingerprint density at radius 1 is 1.25 bits per heavy atom. The van der Waals surface area contributed by atoms with Crippen molar-refractivity contribution >= 4 is 44.9 Å². The minimum atomic E-state index is -0.330. The number of benzene rings is 2. The minimum absolute atomic E-state index is 0.168. The molecular formula is C20H17BrFNO4S. The summed E-state index contributed by atoms with van der Waals surface area (Å²) in [6.45, 7) is 2.26. The Labute approximate surface area is 174 Å². The van der Waals surface area contributed by atoms with Crippen LogP contribution in [0.2, 0.25) is 0 Å². The molecule has 0 aliphatic carbocycles. The van der Waals surface area contributed by atoms with Crippen LogP contribution in [0.1, 0.15) is 18.1 Å². The lowest BCUT2D eigenvalue weighted by atomic mass is 10.1. The van der Waals surface area contributed by atoms with E-state index in [0.717, 1.165) is 11.8 Å². The molecule has 2 aromatic carbocycles. The molecule has 0 bridgehead atoms. The average Bonchev–Trinajstić information content (AvgIpc) is 2.93. The summed E-state index contributed by atoms with van der Waals surface area (Å²) in [4.78, 5) is 25.7. The van der Waals surface area contributed by atoms with E-state index >= 15 is 0 Å². The van der Waals surface area contributed by atoms with E-state index in [2.05, 4.69) is 15.9 Å². The molecule has 2 amide bonds. The molecule has 1 fully saturated rings. The summed E-state index contributed by atoms with van der Waals surface area (Å²) in [6.07, 6.45) is 1.64. The number of rotatable bonds is 6. The SMILES string of the molecule is CCN1C(=O)S/C(=C\c2cc(Br)c(OCc3cccc(F)c3)c(OC)c2)C1=O. The molecule has 1 heterocycles. The van der Waals surface area contributed by atoms with Crippen LogP contribution in [-0.4, -0.2) is 29.7 Å². The van der Waals surface area contributed by atoms with Crippen molar-refractivity contribution in [3.8, 4) is 11.5 Å². The summed E-state index contributed by atoms with van der Waals surface area (Å²) in [5.41, 5.74) is 1.37. The second-order valence-electron chi connectivity index (χ2n) is 5.88. The van der Waals surface area contributed by atoms with Crippen molar-refractivity contribution in [2.45, 2.75) is 13.5 Å². The van der Waals surface area contributed by atoms with Gasteiger partial charge in [-0.2, -0.15) is 0 Å². The van der Waals surface area contributed by atoms with Gasteiger partial charge in [-0.3, -0.25) is 14.5 Å². The van der Waals surface area contributed by atoms with Gasteiger partial charge >= 0.3 is 0 Å². The van der Waals surface area contributed by atoms with Crippen molar-refractivity contribution < 1.29 is 23.5 Å². The van der Waals surface area contributed by atoms with Crippen LogP contribution in [0.5, 0.6) is 11.5 Å². The molecule has 0 atom stereocenters. The number of ether oxygens (including phenoxy) is 2. The highest BCUT2D eigenvalue weighted by atomic mass is 79.9. The van der Waals surface area contributed by atoms with Gasteiger partial charge in [0.05, 0.1) is 16.5 Å². The Balaban J connectivity index is 1.85. The molecule has 146 valence electrons. The number of methoxy groups -OCH3 is 1. The first-order chi connectivity index (χ1) is 13.4. The van der Waals surface area contributed by atoms with Gasteiger partial charge in [0.1, 0.15) is 12.4 Å². The van der Waals surface area contributed by atoms with Crippen molar-refractivity contribution in [1.29, 1.82) is 0 Å². The molecule has 0 spiro atoms. The van der Waals surface area contributed by atoms with Crippen LogP contribution < -0.4 is 9.47 Å². The fourth-order valence-electron chi connectivity index (χ4n) is 2.67. The van der Waals surface area contributed by atoms with Gasteiger partial charge in [0.2, 0.25) is 0 Å². The smallest absolute Gasteiger partial charge is 0.293 e. The predicted molar refractivity (Wildman–Crippen MR) is 110 cm³/mol. The molecule has 0 N–H and O–H groups in total. The molecule has 1 aliphatic heterocycles. The van der Waals surface area contributed by atoms with Gasteiger partial charge in [0.25, 0.3) is 11.1 Å². The van der Waals surface area contributed by atoms with E-state index in [1.54, 1.807) is 37.3 Å². The highest BCUT2D eigenvalue weighted by Crippen LogP contribution is 2.39. The number of halogens is 2. The van der Waals surface area contributed by atoms with Gasteiger partial charge in [-0.05, 0) is 76.1 Å². The van der Waals surface area contributed by atoms with Crippen LogP contribution in [0.25, 0.3) is 6.08 Å². The number of hydrogen-bond acceptors (Lipinski definition) is 5. The van der Waals surface area contributed by atoms with Gasteiger partial charge in [-0.1, -0.05) is 12.1 Å². The first kappa shape index (κ1) is 20.4. The van der Waals surface area contributed by atoms with E-state index in [1.165, 1.54) is 24.1 Å². The quantitative estimate of drug-likeness (QED) is 0.546. The zero-order valence-corrected chi connectivity index (χ0v) is 17.6. The molecule has 3 rings (SSSR count). The maximum Gasteiger partial charge on any atom is 0.293 e. The Morgan fingerprint density at radius 3 is 2.68 bits per heavy atom. The zero-order chi connectivity index (χ0) is 20.3. The van der Waals surface area contributed by atoms with Crippen molar-refractivity contribution in [2.24, 2.45) is 0 Å². The van der Waals surface area contributed by atoms with Crippen molar-refractivity contribution in [2.75, 3.05) is 13.7 Å². The fourth-order valence-corrected chi connectivity index (χ4v) is 4.15. The molecule has 28 heavy (non-hydrogen) atoms. The van der Waals surface area contributed by atoms with Crippen molar-refractivity contribution in [3.63, 3.8) is 0 Å². The number of nitrogens with zero attached hydrogens (tertiary/aromatic N) is 1. The summed E-state index contributed by atoms with van der Waals surface area (Å²) < 4.78 is 25.1. The molecule has 0 saturated carbocycles. The molecule has 5 nitrogen and oxygen atoms in total. The number of carbonyl (C=O) groups excluding carboxylic acids is 2. The van der Waals surface area contributed by atoms with Gasteiger partial charge < -0.3 is 9.47 Å². The van der Waals surface area contributed by atoms with Crippen LogP contribution >= 0.6 is 27.7 Å². The van der Waals surface area contributed by atoms with E-state index in [0.29, 0.717) is 38.5 Å². The lowest BCUT2D eigenvalue weighted by molar-refractivity contribution is -0.122. The molecular weight excluding hydrogens is 449 g/mol.